The molecule has 2 aromatic carbocycles. The highest BCUT2D eigenvalue weighted by molar-refractivity contribution is 7.86. The highest BCUT2D eigenvalue weighted by Crippen LogP contribution is 2.20. The first-order valence-electron chi connectivity index (χ1n) is 9.56. The first kappa shape index (κ1) is 25.6. The van der Waals surface area contributed by atoms with E-state index in [1.165, 1.54) is 11.1 Å². The number of pyridine rings is 1. The predicted molar refractivity (Wildman–Crippen MR) is 118 cm³/mol. The molecule has 32 heavy (non-hydrogen) atoms. The second kappa shape index (κ2) is 11.3. The van der Waals surface area contributed by atoms with Crippen LogP contribution in [0.25, 0.3) is 0 Å². The van der Waals surface area contributed by atoms with E-state index >= 15 is 0 Å². The van der Waals surface area contributed by atoms with Crippen LogP contribution >= 0.6 is 11.6 Å². The SMILES string of the molecule is CCn1ccc(=Nc2ccc(CCc3ccccc3)cc2)c(Cl)c1.O=S(=O)(O)C(F)(F)F. The van der Waals surface area contributed by atoms with Crippen LogP contribution in [0.1, 0.15) is 18.1 Å². The lowest BCUT2D eigenvalue weighted by atomic mass is 10.0. The minimum absolute atomic E-state index is 0.674. The maximum absolute atomic E-state index is 10.7. The fourth-order valence-corrected chi connectivity index (χ4v) is 2.83. The van der Waals surface area contributed by atoms with E-state index in [1.54, 1.807) is 0 Å². The van der Waals surface area contributed by atoms with Crippen molar-refractivity contribution in [3.8, 4) is 0 Å². The topological polar surface area (TPSA) is 71.7 Å². The molecule has 5 nitrogen and oxygen atoms in total. The third-order valence-corrected chi connectivity index (χ3v) is 5.21. The van der Waals surface area contributed by atoms with Crippen molar-refractivity contribution in [2.45, 2.75) is 31.8 Å². The first-order chi connectivity index (χ1) is 15.0. The summed E-state index contributed by atoms with van der Waals surface area (Å²) in [6, 6.07) is 20.9. The number of aryl methyl sites for hydroxylation is 3. The van der Waals surface area contributed by atoms with Gasteiger partial charge in [-0.05, 0) is 49.1 Å². The molecule has 0 bridgehead atoms. The second-order valence-corrected chi connectivity index (χ2v) is 8.51. The first-order valence-corrected chi connectivity index (χ1v) is 11.4. The number of hydrogen-bond donors (Lipinski definition) is 1. The van der Waals surface area contributed by atoms with Crippen LogP contribution < -0.4 is 5.36 Å². The molecule has 0 unspecified atom stereocenters. The summed E-state index contributed by atoms with van der Waals surface area (Å²) in [7, 11) is -5.84. The van der Waals surface area contributed by atoms with Gasteiger partial charge in [-0.3, -0.25) is 4.55 Å². The summed E-state index contributed by atoms with van der Waals surface area (Å²) in [6.45, 7) is 2.98. The van der Waals surface area contributed by atoms with E-state index < -0.39 is 15.6 Å². The van der Waals surface area contributed by atoms with E-state index in [-0.39, 0.29) is 0 Å². The largest absolute Gasteiger partial charge is 0.522 e. The molecule has 0 spiro atoms. The van der Waals surface area contributed by atoms with E-state index in [0.717, 1.165) is 30.4 Å². The lowest BCUT2D eigenvalue weighted by Gasteiger charge is -2.04. The Hall–Kier alpha value is -2.62. The van der Waals surface area contributed by atoms with Gasteiger partial charge in [0, 0.05) is 18.9 Å². The van der Waals surface area contributed by atoms with E-state index in [9.17, 15) is 13.2 Å². The average molecular weight is 487 g/mol. The Bertz CT molecular complexity index is 1180. The van der Waals surface area contributed by atoms with E-state index in [0.29, 0.717) is 5.02 Å². The summed E-state index contributed by atoms with van der Waals surface area (Å²) in [6.07, 6.45) is 6.00. The van der Waals surface area contributed by atoms with Crippen LogP contribution in [0.5, 0.6) is 0 Å². The average Bonchev–Trinajstić information content (AvgIpc) is 2.74. The van der Waals surface area contributed by atoms with Gasteiger partial charge in [-0.2, -0.15) is 21.6 Å². The third kappa shape index (κ3) is 8.14. The van der Waals surface area contributed by atoms with Gasteiger partial charge in [-0.25, -0.2) is 4.99 Å². The third-order valence-electron chi connectivity index (χ3n) is 4.34. The Morgan fingerprint density at radius 1 is 0.969 bits per heavy atom. The van der Waals surface area contributed by atoms with Gasteiger partial charge in [0.1, 0.15) is 0 Å². The van der Waals surface area contributed by atoms with Gasteiger partial charge < -0.3 is 4.57 Å². The minimum atomic E-state index is -5.84. The molecule has 172 valence electrons. The van der Waals surface area contributed by atoms with Crippen molar-refractivity contribution in [1.82, 2.24) is 4.57 Å². The standard InChI is InChI=1S/C21H21ClN2.CHF3O3S/c1-2-24-15-14-21(20(22)16-24)23-19-12-10-18(11-13-19)9-8-17-6-4-3-5-7-17;2-1(3,4)8(5,6)7/h3-7,10-16H,2,8-9H2,1H3;(H,5,6,7). The van der Waals surface area contributed by atoms with Gasteiger partial charge in [0.15, 0.2) is 0 Å². The van der Waals surface area contributed by atoms with Crippen molar-refractivity contribution in [3.63, 3.8) is 0 Å². The van der Waals surface area contributed by atoms with Crippen molar-refractivity contribution < 1.29 is 26.1 Å². The zero-order chi connectivity index (χ0) is 23.8. The maximum atomic E-state index is 10.7. The van der Waals surface area contributed by atoms with Crippen LogP contribution in [0, 0.1) is 0 Å². The van der Waals surface area contributed by atoms with Crippen LogP contribution in [0.2, 0.25) is 5.02 Å². The molecule has 10 heteroatoms. The molecule has 0 fully saturated rings. The fourth-order valence-electron chi connectivity index (χ4n) is 2.60. The van der Waals surface area contributed by atoms with Crippen molar-refractivity contribution >= 4 is 27.4 Å². The van der Waals surface area contributed by atoms with Gasteiger partial charge in [0.2, 0.25) is 0 Å². The fraction of sp³-hybridized carbons (Fsp3) is 0.227. The quantitative estimate of drug-likeness (QED) is 0.378. The molecule has 3 aromatic rings. The number of hydrogen-bond acceptors (Lipinski definition) is 3. The molecule has 0 atom stereocenters. The maximum Gasteiger partial charge on any atom is 0.522 e. The van der Waals surface area contributed by atoms with E-state index in [4.69, 9.17) is 24.6 Å². The summed E-state index contributed by atoms with van der Waals surface area (Å²) in [4.78, 5) is 4.63. The van der Waals surface area contributed by atoms with E-state index in [2.05, 4.69) is 66.5 Å². The zero-order valence-electron chi connectivity index (χ0n) is 17.1. The summed E-state index contributed by atoms with van der Waals surface area (Å²) in [5.41, 5.74) is -1.92. The smallest absolute Gasteiger partial charge is 0.353 e. The molecule has 3 rings (SSSR count). The molecule has 0 saturated heterocycles. The Labute approximate surface area is 189 Å². The minimum Gasteiger partial charge on any atom is -0.353 e. The molecule has 1 aromatic heterocycles. The van der Waals surface area contributed by atoms with Crippen molar-refractivity contribution in [2.75, 3.05) is 0 Å². The monoisotopic (exact) mass is 486 g/mol. The van der Waals surface area contributed by atoms with Crippen molar-refractivity contribution in [1.29, 1.82) is 0 Å². The molecule has 0 saturated carbocycles. The van der Waals surface area contributed by atoms with Gasteiger partial charge in [-0.15, -0.1) is 0 Å². The van der Waals surface area contributed by atoms with Gasteiger partial charge in [-0.1, -0.05) is 54.1 Å². The Kier molecular flexibility index (Phi) is 9.06. The molecule has 0 aliphatic heterocycles. The molecule has 0 aliphatic carbocycles. The molecule has 1 N–H and O–H groups in total. The summed E-state index contributed by atoms with van der Waals surface area (Å²) in [5.74, 6) is 0. The summed E-state index contributed by atoms with van der Waals surface area (Å²) < 4.78 is 59.6. The van der Waals surface area contributed by atoms with Gasteiger partial charge >= 0.3 is 15.6 Å². The van der Waals surface area contributed by atoms with Crippen LogP contribution in [-0.2, 0) is 29.5 Å². The highest BCUT2D eigenvalue weighted by Gasteiger charge is 2.44. The van der Waals surface area contributed by atoms with Crippen LogP contribution in [0.4, 0.5) is 18.9 Å². The number of alkyl halides is 3. The van der Waals surface area contributed by atoms with Crippen LogP contribution in [0.3, 0.4) is 0 Å². The van der Waals surface area contributed by atoms with E-state index in [1.807, 2.05) is 23.0 Å². The Morgan fingerprint density at radius 2 is 1.50 bits per heavy atom. The normalized spacial score (nSPS) is 12.2. The molecular weight excluding hydrogens is 465 g/mol. The molecule has 0 aliphatic rings. The molecule has 0 radical (unpaired) electrons. The van der Waals surface area contributed by atoms with Crippen molar-refractivity contribution in [3.05, 3.63) is 94.6 Å². The lowest BCUT2D eigenvalue weighted by Crippen LogP contribution is -2.21. The number of benzene rings is 2. The van der Waals surface area contributed by atoms with Crippen LogP contribution in [0.15, 0.2) is 78.0 Å². The molecule has 1 heterocycles. The van der Waals surface area contributed by atoms with Gasteiger partial charge in [0.05, 0.1) is 16.1 Å². The predicted octanol–water partition coefficient (Wildman–Crippen LogP) is 5.57. The summed E-state index contributed by atoms with van der Waals surface area (Å²) in [5, 5.41) is 1.48. The number of rotatable bonds is 5. The number of nitrogens with zero attached hydrogens (tertiary/aromatic N) is 2. The Balaban J connectivity index is 0.000000390. The molecule has 0 amide bonds. The molecular formula is C22H22ClF3N2O3S. The highest BCUT2D eigenvalue weighted by atomic mass is 35.5. The van der Waals surface area contributed by atoms with Crippen molar-refractivity contribution in [2.24, 2.45) is 4.99 Å². The van der Waals surface area contributed by atoms with Crippen LogP contribution in [-0.4, -0.2) is 23.0 Å². The Morgan fingerprint density at radius 3 is 1.97 bits per heavy atom. The zero-order valence-corrected chi connectivity index (χ0v) is 18.7. The lowest BCUT2D eigenvalue weighted by molar-refractivity contribution is -0.0510. The van der Waals surface area contributed by atoms with Gasteiger partial charge in [0.25, 0.3) is 0 Å². The second-order valence-electron chi connectivity index (χ2n) is 6.69. The summed E-state index contributed by atoms with van der Waals surface area (Å²) >= 11 is 6.29. The number of halogens is 4. The number of aromatic nitrogens is 1.